The van der Waals surface area contributed by atoms with Gasteiger partial charge < -0.3 is 25.8 Å². The van der Waals surface area contributed by atoms with Gasteiger partial charge in [0.25, 0.3) is 0 Å². The number of benzene rings is 1. The minimum Gasteiger partial charge on any atom is -0.495 e. The average molecular weight is 295 g/mol. The maximum absolute atomic E-state index is 11.9. The van der Waals surface area contributed by atoms with Crippen molar-refractivity contribution >= 4 is 17.3 Å². The van der Waals surface area contributed by atoms with Gasteiger partial charge in [0.2, 0.25) is 5.91 Å². The molecule has 1 aromatic rings. The van der Waals surface area contributed by atoms with Gasteiger partial charge in [0.05, 0.1) is 19.4 Å². The van der Waals surface area contributed by atoms with Gasteiger partial charge in [-0.1, -0.05) is 6.92 Å². The third-order valence-electron chi connectivity index (χ3n) is 3.24. The third-order valence-corrected chi connectivity index (χ3v) is 3.24. The topological polar surface area (TPSA) is 87.8 Å². The molecule has 0 aliphatic rings. The zero-order chi connectivity index (χ0) is 15.7. The molecule has 0 saturated carbocycles. The maximum Gasteiger partial charge on any atom is 0.224 e. The summed E-state index contributed by atoms with van der Waals surface area (Å²) in [5.74, 6) is 0.520. The van der Waals surface area contributed by atoms with E-state index in [9.17, 15) is 4.79 Å². The van der Waals surface area contributed by atoms with E-state index >= 15 is 0 Å². The number of nitrogens with one attached hydrogen (secondary N) is 1. The fourth-order valence-electron chi connectivity index (χ4n) is 2.07. The van der Waals surface area contributed by atoms with Crippen molar-refractivity contribution in [2.75, 3.05) is 44.4 Å². The highest BCUT2D eigenvalue weighted by Gasteiger charge is 2.09. The molecule has 0 unspecified atom stereocenters. The number of anilines is 2. The predicted molar refractivity (Wildman–Crippen MR) is 84.5 cm³/mol. The number of nitrogens with zero attached hydrogens (tertiary/aromatic N) is 1. The first-order valence-electron chi connectivity index (χ1n) is 7.17. The summed E-state index contributed by atoms with van der Waals surface area (Å²) in [5, 5.41) is 11.7. The molecule has 0 fully saturated rings. The second-order valence-corrected chi connectivity index (χ2v) is 4.77. The Bertz CT molecular complexity index is 452. The Labute approximate surface area is 125 Å². The number of likely N-dealkylation sites (N-methyl/N-ethyl adjacent to an activating group) is 1. The predicted octanol–water partition coefficient (Wildman–Crippen LogP) is 1.31. The number of methoxy groups -OCH3 is 1. The van der Waals surface area contributed by atoms with Crippen LogP contribution in [0, 0.1) is 0 Å². The molecule has 0 heterocycles. The molecule has 0 saturated heterocycles. The molecular weight excluding hydrogens is 270 g/mol. The first-order valence-corrected chi connectivity index (χ1v) is 7.17. The van der Waals surface area contributed by atoms with Gasteiger partial charge in [-0.05, 0) is 37.7 Å². The molecule has 0 radical (unpaired) electrons. The Balaban J connectivity index is 2.45. The van der Waals surface area contributed by atoms with Crippen LogP contribution in [0.25, 0.3) is 0 Å². The van der Waals surface area contributed by atoms with E-state index in [1.807, 2.05) is 6.92 Å². The van der Waals surface area contributed by atoms with E-state index in [0.717, 1.165) is 19.5 Å². The summed E-state index contributed by atoms with van der Waals surface area (Å²) in [7, 11) is 1.55. The Morgan fingerprint density at radius 3 is 2.81 bits per heavy atom. The number of amides is 1. The molecule has 21 heavy (non-hydrogen) atoms. The van der Waals surface area contributed by atoms with Crippen LogP contribution >= 0.6 is 0 Å². The summed E-state index contributed by atoms with van der Waals surface area (Å²) < 4.78 is 5.19. The quantitative estimate of drug-likeness (QED) is 0.598. The van der Waals surface area contributed by atoms with Crippen LogP contribution in [0.3, 0.4) is 0 Å². The molecule has 1 rings (SSSR count). The number of carbonyl (C=O) groups is 1. The minimum absolute atomic E-state index is 0.0704. The van der Waals surface area contributed by atoms with Gasteiger partial charge in [-0.25, -0.2) is 0 Å². The van der Waals surface area contributed by atoms with Gasteiger partial charge >= 0.3 is 0 Å². The van der Waals surface area contributed by atoms with Crippen molar-refractivity contribution < 1.29 is 14.6 Å². The van der Waals surface area contributed by atoms with Crippen LogP contribution in [0.1, 0.15) is 19.8 Å². The van der Waals surface area contributed by atoms with Crippen molar-refractivity contribution in [3.8, 4) is 5.75 Å². The zero-order valence-electron chi connectivity index (χ0n) is 12.8. The van der Waals surface area contributed by atoms with Crippen LogP contribution in [0.4, 0.5) is 11.4 Å². The van der Waals surface area contributed by atoms with E-state index in [4.69, 9.17) is 15.6 Å². The van der Waals surface area contributed by atoms with E-state index in [2.05, 4.69) is 10.2 Å². The van der Waals surface area contributed by atoms with E-state index in [-0.39, 0.29) is 12.5 Å². The van der Waals surface area contributed by atoms with Crippen molar-refractivity contribution in [1.29, 1.82) is 0 Å². The Morgan fingerprint density at radius 2 is 2.19 bits per heavy atom. The van der Waals surface area contributed by atoms with Gasteiger partial charge in [-0.3, -0.25) is 4.79 Å². The second-order valence-electron chi connectivity index (χ2n) is 4.77. The van der Waals surface area contributed by atoms with E-state index in [1.54, 1.807) is 25.3 Å². The molecule has 0 atom stereocenters. The van der Waals surface area contributed by atoms with Crippen molar-refractivity contribution in [1.82, 2.24) is 4.90 Å². The third kappa shape index (κ3) is 6.01. The second kappa shape index (κ2) is 9.20. The highest BCUT2D eigenvalue weighted by molar-refractivity contribution is 5.92. The summed E-state index contributed by atoms with van der Waals surface area (Å²) in [6.07, 6.45) is 1.16. The van der Waals surface area contributed by atoms with Gasteiger partial charge in [-0.2, -0.15) is 0 Å². The van der Waals surface area contributed by atoms with Crippen LogP contribution in [0.5, 0.6) is 5.75 Å². The Kier molecular flexibility index (Phi) is 7.56. The zero-order valence-corrected chi connectivity index (χ0v) is 12.8. The lowest BCUT2D eigenvalue weighted by molar-refractivity contribution is -0.116. The van der Waals surface area contributed by atoms with E-state index in [1.165, 1.54) is 0 Å². The molecule has 0 aliphatic heterocycles. The van der Waals surface area contributed by atoms with Gasteiger partial charge in [0.15, 0.2) is 0 Å². The van der Waals surface area contributed by atoms with Crippen LogP contribution in [0.2, 0.25) is 0 Å². The van der Waals surface area contributed by atoms with Crippen molar-refractivity contribution in [3.63, 3.8) is 0 Å². The van der Waals surface area contributed by atoms with Gasteiger partial charge in [-0.15, -0.1) is 0 Å². The van der Waals surface area contributed by atoms with Gasteiger partial charge in [0.1, 0.15) is 5.75 Å². The number of rotatable bonds is 9. The minimum atomic E-state index is -0.0704. The first kappa shape index (κ1) is 17.3. The largest absolute Gasteiger partial charge is 0.495 e. The molecule has 1 amide bonds. The Morgan fingerprint density at radius 1 is 1.43 bits per heavy atom. The fraction of sp³-hybridized carbons (Fsp3) is 0.533. The highest BCUT2D eigenvalue weighted by atomic mass is 16.5. The number of hydrogen-bond acceptors (Lipinski definition) is 5. The summed E-state index contributed by atoms with van der Waals surface area (Å²) in [5.41, 5.74) is 6.88. The molecule has 0 bridgehead atoms. The van der Waals surface area contributed by atoms with E-state index < -0.39 is 0 Å². The standard InChI is InChI=1S/C15H25N3O3/c1-3-18(9-10-19)8-4-5-15(20)17-13-11-12(16)6-7-14(13)21-2/h6-7,11,19H,3-5,8-10,16H2,1-2H3,(H,17,20). The first-order chi connectivity index (χ1) is 10.1. The molecular formula is C15H25N3O3. The number of ether oxygens (including phenoxy) is 1. The number of aliphatic hydroxyl groups is 1. The van der Waals surface area contributed by atoms with Crippen molar-refractivity contribution in [3.05, 3.63) is 18.2 Å². The molecule has 1 aromatic carbocycles. The molecule has 0 aromatic heterocycles. The van der Waals surface area contributed by atoms with Crippen LogP contribution in [0.15, 0.2) is 18.2 Å². The highest BCUT2D eigenvalue weighted by Crippen LogP contribution is 2.26. The summed E-state index contributed by atoms with van der Waals surface area (Å²) >= 11 is 0. The molecule has 0 aliphatic carbocycles. The smallest absolute Gasteiger partial charge is 0.224 e. The van der Waals surface area contributed by atoms with Gasteiger partial charge in [0, 0.05) is 18.7 Å². The average Bonchev–Trinajstić information content (AvgIpc) is 2.46. The monoisotopic (exact) mass is 295 g/mol. The van der Waals surface area contributed by atoms with E-state index in [0.29, 0.717) is 30.1 Å². The van der Waals surface area contributed by atoms with Crippen molar-refractivity contribution in [2.24, 2.45) is 0 Å². The summed E-state index contributed by atoms with van der Waals surface area (Å²) in [4.78, 5) is 14.0. The maximum atomic E-state index is 11.9. The lowest BCUT2D eigenvalue weighted by Gasteiger charge is -2.18. The number of carbonyl (C=O) groups excluding carboxylic acids is 1. The molecule has 0 spiro atoms. The molecule has 4 N–H and O–H groups in total. The molecule has 6 heteroatoms. The normalized spacial score (nSPS) is 10.7. The van der Waals surface area contributed by atoms with Crippen LogP contribution in [-0.4, -0.2) is 49.3 Å². The molecule has 6 nitrogen and oxygen atoms in total. The van der Waals surface area contributed by atoms with Crippen LogP contribution in [-0.2, 0) is 4.79 Å². The number of nitrogens with two attached hydrogens (primary N) is 1. The van der Waals surface area contributed by atoms with Crippen LogP contribution < -0.4 is 15.8 Å². The number of aliphatic hydroxyl groups excluding tert-OH is 1. The lowest BCUT2D eigenvalue weighted by atomic mass is 10.2. The Hall–Kier alpha value is -1.79. The number of hydrogen-bond donors (Lipinski definition) is 3. The number of nitrogen functional groups attached to an aromatic ring is 1. The fourth-order valence-corrected chi connectivity index (χ4v) is 2.07. The summed E-state index contributed by atoms with van der Waals surface area (Å²) in [6, 6.07) is 5.13. The SMILES string of the molecule is CCN(CCO)CCCC(=O)Nc1cc(N)ccc1OC. The summed E-state index contributed by atoms with van der Waals surface area (Å²) in [6.45, 7) is 4.47. The lowest BCUT2D eigenvalue weighted by Crippen LogP contribution is -2.28. The molecule has 118 valence electrons. The van der Waals surface area contributed by atoms with Crippen molar-refractivity contribution in [2.45, 2.75) is 19.8 Å².